The number of nitrogens with one attached hydrogen (secondary N) is 1. The van der Waals surface area contributed by atoms with E-state index < -0.39 is 0 Å². The standard InChI is InChI=1S/C21H24BrNO3/c1-25-16-7-5-15(6-8-16)21(11-3-4-12-21)14-23-20(24)18-13-17(26-2)9-10-19(18)22/h5-10,13H,3-4,11-12,14H2,1-2H3,(H,23,24). The minimum atomic E-state index is -0.0874. The lowest BCUT2D eigenvalue weighted by Crippen LogP contribution is -2.39. The predicted molar refractivity (Wildman–Crippen MR) is 106 cm³/mol. The summed E-state index contributed by atoms with van der Waals surface area (Å²) in [5.74, 6) is 1.44. The maximum absolute atomic E-state index is 12.7. The molecule has 1 amide bonds. The lowest BCUT2D eigenvalue weighted by atomic mass is 9.78. The summed E-state index contributed by atoms with van der Waals surface area (Å²) >= 11 is 3.46. The second-order valence-corrected chi connectivity index (χ2v) is 7.60. The van der Waals surface area contributed by atoms with Crippen molar-refractivity contribution < 1.29 is 14.3 Å². The molecule has 138 valence electrons. The number of hydrogen-bond acceptors (Lipinski definition) is 3. The average molecular weight is 418 g/mol. The number of hydrogen-bond donors (Lipinski definition) is 1. The van der Waals surface area contributed by atoms with Gasteiger partial charge in [0.2, 0.25) is 0 Å². The molecule has 2 aromatic carbocycles. The lowest BCUT2D eigenvalue weighted by Gasteiger charge is -2.30. The molecule has 0 unspecified atom stereocenters. The average Bonchev–Trinajstić information content (AvgIpc) is 3.17. The number of carbonyl (C=O) groups excluding carboxylic acids is 1. The second-order valence-electron chi connectivity index (χ2n) is 6.74. The minimum Gasteiger partial charge on any atom is -0.497 e. The van der Waals surface area contributed by atoms with Crippen LogP contribution in [-0.2, 0) is 5.41 Å². The Bertz CT molecular complexity index is 767. The van der Waals surface area contributed by atoms with Gasteiger partial charge >= 0.3 is 0 Å². The third-order valence-corrected chi connectivity index (χ3v) is 5.96. The fourth-order valence-corrected chi connectivity index (χ4v) is 4.14. The highest BCUT2D eigenvalue weighted by molar-refractivity contribution is 9.10. The van der Waals surface area contributed by atoms with E-state index in [1.165, 1.54) is 18.4 Å². The number of carbonyl (C=O) groups is 1. The molecule has 26 heavy (non-hydrogen) atoms. The van der Waals surface area contributed by atoms with Crippen molar-refractivity contribution in [3.05, 3.63) is 58.1 Å². The van der Waals surface area contributed by atoms with Crippen molar-refractivity contribution >= 4 is 21.8 Å². The molecule has 2 aromatic rings. The van der Waals surface area contributed by atoms with Gasteiger partial charge in [0.1, 0.15) is 11.5 Å². The Morgan fingerprint density at radius 2 is 1.65 bits per heavy atom. The fourth-order valence-electron chi connectivity index (χ4n) is 3.71. The minimum absolute atomic E-state index is 0.00667. The van der Waals surface area contributed by atoms with E-state index in [1.54, 1.807) is 20.3 Å². The third-order valence-electron chi connectivity index (χ3n) is 5.27. The number of ether oxygens (including phenoxy) is 2. The van der Waals surface area contributed by atoms with E-state index in [2.05, 4.69) is 33.4 Å². The molecular formula is C21H24BrNO3. The van der Waals surface area contributed by atoms with E-state index in [4.69, 9.17) is 9.47 Å². The molecule has 1 fully saturated rings. The Balaban J connectivity index is 1.77. The van der Waals surface area contributed by atoms with E-state index in [0.717, 1.165) is 23.1 Å². The summed E-state index contributed by atoms with van der Waals surface area (Å²) in [5, 5.41) is 3.15. The smallest absolute Gasteiger partial charge is 0.252 e. The van der Waals surface area contributed by atoms with Gasteiger partial charge in [-0.2, -0.15) is 0 Å². The van der Waals surface area contributed by atoms with Crippen LogP contribution in [0.15, 0.2) is 46.9 Å². The molecule has 3 rings (SSSR count). The van der Waals surface area contributed by atoms with E-state index in [1.807, 2.05) is 24.3 Å². The second kappa shape index (κ2) is 8.12. The quantitative estimate of drug-likeness (QED) is 0.740. The molecule has 1 N–H and O–H groups in total. The molecule has 0 atom stereocenters. The van der Waals surface area contributed by atoms with Crippen LogP contribution in [0.3, 0.4) is 0 Å². The Hall–Kier alpha value is -2.01. The molecule has 0 aliphatic heterocycles. The van der Waals surface area contributed by atoms with E-state index in [9.17, 15) is 4.79 Å². The van der Waals surface area contributed by atoms with Gasteiger partial charge in [-0.25, -0.2) is 0 Å². The summed E-state index contributed by atoms with van der Waals surface area (Å²) in [7, 11) is 3.27. The molecule has 1 aliphatic carbocycles. The largest absolute Gasteiger partial charge is 0.497 e. The van der Waals surface area contributed by atoms with Gasteiger partial charge < -0.3 is 14.8 Å². The number of halogens is 1. The van der Waals surface area contributed by atoms with Gasteiger partial charge in [-0.05, 0) is 64.7 Å². The van der Waals surface area contributed by atoms with E-state index in [0.29, 0.717) is 17.9 Å². The molecule has 0 spiro atoms. The van der Waals surface area contributed by atoms with Crippen LogP contribution in [0.25, 0.3) is 0 Å². The molecule has 0 bridgehead atoms. The highest BCUT2D eigenvalue weighted by Crippen LogP contribution is 2.41. The number of methoxy groups -OCH3 is 2. The Labute approximate surface area is 163 Å². The normalized spacial score (nSPS) is 15.5. The topological polar surface area (TPSA) is 47.6 Å². The van der Waals surface area contributed by atoms with Gasteiger partial charge in [0.25, 0.3) is 5.91 Å². The van der Waals surface area contributed by atoms with Crippen LogP contribution in [-0.4, -0.2) is 26.7 Å². The highest BCUT2D eigenvalue weighted by Gasteiger charge is 2.36. The highest BCUT2D eigenvalue weighted by atomic mass is 79.9. The zero-order valence-electron chi connectivity index (χ0n) is 15.2. The van der Waals surface area contributed by atoms with Crippen molar-refractivity contribution in [3.8, 4) is 11.5 Å². The zero-order valence-corrected chi connectivity index (χ0v) is 16.8. The van der Waals surface area contributed by atoms with Crippen LogP contribution in [0, 0.1) is 0 Å². The van der Waals surface area contributed by atoms with Crippen LogP contribution in [0.5, 0.6) is 11.5 Å². The summed E-state index contributed by atoms with van der Waals surface area (Å²) < 4.78 is 11.3. The van der Waals surface area contributed by atoms with E-state index in [-0.39, 0.29) is 11.3 Å². The van der Waals surface area contributed by atoms with Crippen molar-refractivity contribution in [2.75, 3.05) is 20.8 Å². The summed E-state index contributed by atoms with van der Waals surface area (Å²) in [6, 6.07) is 13.7. The van der Waals surface area contributed by atoms with Gasteiger partial charge in [-0.3, -0.25) is 4.79 Å². The van der Waals surface area contributed by atoms with Crippen LogP contribution in [0.2, 0.25) is 0 Å². The van der Waals surface area contributed by atoms with Gasteiger partial charge in [-0.1, -0.05) is 25.0 Å². The van der Waals surface area contributed by atoms with Crippen molar-refractivity contribution in [2.24, 2.45) is 0 Å². The van der Waals surface area contributed by atoms with Crippen LogP contribution in [0.4, 0.5) is 0 Å². The molecule has 1 saturated carbocycles. The van der Waals surface area contributed by atoms with Crippen molar-refractivity contribution in [2.45, 2.75) is 31.1 Å². The first-order valence-corrected chi connectivity index (χ1v) is 9.63. The molecule has 1 aliphatic rings. The number of benzene rings is 2. The summed E-state index contributed by atoms with van der Waals surface area (Å²) in [5.41, 5.74) is 1.85. The maximum atomic E-state index is 12.7. The Morgan fingerprint density at radius 1 is 1.04 bits per heavy atom. The van der Waals surface area contributed by atoms with Crippen molar-refractivity contribution in [1.29, 1.82) is 0 Å². The first kappa shape index (κ1) is 18.8. The lowest BCUT2D eigenvalue weighted by molar-refractivity contribution is 0.0942. The summed E-state index contributed by atoms with van der Waals surface area (Å²) in [6.07, 6.45) is 4.54. The van der Waals surface area contributed by atoms with Crippen molar-refractivity contribution in [3.63, 3.8) is 0 Å². The van der Waals surface area contributed by atoms with Gasteiger partial charge in [0.15, 0.2) is 0 Å². The molecule has 0 radical (unpaired) electrons. The van der Waals surface area contributed by atoms with Crippen LogP contribution >= 0.6 is 15.9 Å². The van der Waals surface area contributed by atoms with Crippen LogP contribution < -0.4 is 14.8 Å². The third kappa shape index (κ3) is 3.88. The summed E-state index contributed by atoms with van der Waals surface area (Å²) in [6.45, 7) is 0.627. The first-order valence-electron chi connectivity index (χ1n) is 8.84. The SMILES string of the molecule is COc1ccc(C2(CNC(=O)c3cc(OC)ccc3Br)CCCC2)cc1. The first-order chi connectivity index (χ1) is 12.6. The Morgan fingerprint density at radius 3 is 2.27 bits per heavy atom. The van der Waals surface area contributed by atoms with Gasteiger partial charge in [0, 0.05) is 16.4 Å². The maximum Gasteiger partial charge on any atom is 0.252 e. The molecular weight excluding hydrogens is 394 g/mol. The Kier molecular flexibility index (Phi) is 5.87. The monoisotopic (exact) mass is 417 g/mol. The number of rotatable bonds is 6. The van der Waals surface area contributed by atoms with Gasteiger partial charge in [0.05, 0.1) is 19.8 Å². The predicted octanol–water partition coefficient (Wildman–Crippen LogP) is 4.71. The van der Waals surface area contributed by atoms with Crippen LogP contribution in [0.1, 0.15) is 41.6 Å². The molecule has 0 heterocycles. The number of amides is 1. The molecule has 0 saturated heterocycles. The van der Waals surface area contributed by atoms with Gasteiger partial charge in [-0.15, -0.1) is 0 Å². The molecule has 5 heteroatoms. The van der Waals surface area contributed by atoms with E-state index >= 15 is 0 Å². The molecule has 0 aromatic heterocycles. The fraction of sp³-hybridized carbons (Fsp3) is 0.381. The zero-order chi connectivity index (χ0) is 18.6. The van der Waals surface area contributed by atoms with Crippen molar-refractivity contribution in [1.82, 2.24) is 5.32 Å². The molecule has 4 nitrogen and oxygen atoms in total. The summed E-state index contributed by atoms with van der Waals surface area (Å²) in [4.78, 5) is 12.7.